The molecular weight excluding hydrogens is 282 g/mol. The van der Waals surface area contributed by atoms with E-state index in [0.29, 0.717) is 0 Å². The Labute approximate surface area is 112 Å². The fourth-order valence-corrected chi connectivity index (χ4v) is 3.15. The highest BCUT2D eigenvalue weighted by Crippen LogP contribution is 2.22. The van der Waals surface area contributed by atoms with Gasteiger partial charge in [-0.1, -0.05) is 39.0 Å². The molecule has 1 N–H and O–H groups in total. The molecule has 0 unspecified atom stereocenters. The van der Waals surface area contributed by atoms with Gasteiger partial charge in [0.2, 0.25) is 0 Å². The van der Waals surface area contributed by atoms with Gasteiger partial charge in [0.25, 0.3) is 0 Å². The topological polar surface area (TPSA) is 12.0 Å². The van der Waals surface area contributed by atoms with Gasteiger partial charge in [-0.05, 0) is 40.3 Å². The first-order valence-corrected chi connectivity index (χ1v) is 7.94. The molecule has 0 spiro atoms. The third-order valence-corrected chi connectivity index (χ3v) is 4.61. The highest BCUT2D eigenvalue weighted by atomic mass is 79.9. The number of nitrogens with one attached hydrogen (secondary N) is 1. The average molecular weight is 304 g/mol. The van der Waals surface area contributed by atoms with Crippen LogP contribution in [-0.4, -0.2) is 6.54 Å². The van der Waals surface area contributed by atoms with Crippen LogP contribution in [0.4, 0.5) is 0 Å². The molecule has 0 aromatic carbocycles. The van der Waals surface area contributed by atoms with E-state index in [1.807, 2.05) is 11.3 Å². The molecule has 3 heteroatoms. The van der Waals surface area contributed by atoms with Crippen molar-refractivity contribution < 1.29 is 0 Å². The predicted molar refractivity (Wildman–Crippen MR) is 77.1 cm³/mol. The van der Waals surface area contributed by atoms with Crippen molar-refractivity contribution in [3.05, 3.63) is 20.8 Å². The number of unbranched alkanes of at least 4 members (excludes halogenated alkanes) is 5. The monoisotopic (exact) mass is 303 g/mol. The molecule has 0 aliphatic rings. The van der Waals surface area contributed by atoms with Crippen molar-refractivity contribution in [2.75, 3.05) is 6.54 Å². The molecule has 0 saturated carbocycles. The molecule has 1 nitrogen and oxygen atoms in total. The van der Waals surface area contributed by atoms with Crippen LogP contribution in [0.25, 0.3) is 0 Å². The van der Waals surface area contributed by atoms with Crippen molar-refractivity contribution in [1.82, 2.24) is 5.32 Å². The van der Waals surface area contributed by atoms with Crippen LogP contribution in [0.1, 0.15) is 50.3 Å². The SMILES string of the molecule is CCCCCCCCNCc1sccc1Br. The van der Waals surface area contributed by atoms with Crippen LogP contribution in [0, 0.1) is 0 Å². The largest absolute Gasteiger partial charge is 0.312 e. The Bertz CT molecular complexity index is 273. The summed E-state index contributed by atoms with van der Waals surface area (Å²) < 4.78 is 1.24. The smallest absolute Gasteiger partial charge is 0.0327 e. The van der Waals surface area contributed by atoms with E-state index in [0.717, 1.165) is 13.1 Å². The van der Waals surface area contributed by atoms with E-state index in [9.17, 15) is 0 Å². The van der Waals surface area contributed by atoms with E-state index < -0.39 is 0 Å². The molecule has 0 saturated heterocycles. The van der Waals surface area contributed by atoms with Crippen molar-refractivity contribution in [2.24, 2.45) is 0 Å². The third-order valence-electron chi connectivity index (χ3n) is 2.68. The summed E-state index contributed by atoms with van der Waals surface area (Å²) in [6, 6.07) is 2.12. The molecule has 0 atom stereocenters. The Hall–Kier alpha value is 0.140. The first kappa shape index (κ1) is 14.2. The Morgan fingerprint density at radius 3 is 2.62 bits per heavy atom. The van der Waals surface area contributed by atoms with Gasteiger partial charge in [-0.25, -0.2) is 0 Å². The van der Waals surface area contributed by atoms with Gasteiger partial charge in [-0.2, -0.15) is 0 Å². The maximum absolute atomic E-state index is 3.55. The zero-order chi connectivity index (χ0) is 11.6. The van der Waals surface area contributed by atoms with Crippen LogP contribution >= 0.6 is 27.3 Å². The van der Waals surface area contributed by atoms with Crippen LogP contribution in [-0.2, 0) is 6.54 Å². The molecule has 0 bridgehead atoms. The molecule has 1 heterocycles. The third kappa shape index (κ3) is 6.02. The molecule has 92 valence electrons. The average Bonchev–Trinajstić information content (AvgIpc) is 2.68. The second kappa shape index (κ2) is 9.20. The molecule has 0 aliphatic heterocycles. The maximum Gasteiger partial charge on any atom is 0.0327 e. The Morgan fingerprint density at radius 2 is 1.94 bits per heavy atom. The number of hydrogen-bond donors (Lipinski definition) is 1. The molecule has 1 aromatic heterocycles. The van der Waals surface area contributed by atoms with Crippen molar-refractivity contribution in [3.8, 4) is 0 Å². The quantitative estimate of drug-likeness (QED) is 0.636. The van der Waals surface area contributed by atoms with E-state index in [4.69, 9.17) is 0 Å². The Kier molecular flexibility index (Phi) is 8.17. The molecule has 1 aromatic rings. The lowest BCUT2D eigenvalue weighted by atomic mass is 10.1. The van der Waals surface area contributed by atoms with Crippen LogP contribution in [0.2, 0.25) is 0 Å². The van der Waals surface area contributed by atoms with Gasteiger partial charge in [-0.3, -0.25) is 0 Å². The van der Waals surface area contributed by atoms with Gasteiger partial charge in [0.15, 0.2) is 0 Å². The van der Waals surface area contributed by atoms with E-state index in [-0.39, 0.29) is 0 Å². The van der Waals surface area contributed by atoms with E-state index in [2.05, 4.69) is 39.6 Å². The number of thiophene rings is 1. The predicted octanol–water partition coefficient (Wildman–Crippen LogP) is 4.96. The molecule has 0 fully saturated rings. The molecule has 0 amide bonds. The van der Waals surface area contributed by atoms with Gasteiger partial charge in [0, 0.05) is 15.9 Å². The summed E-state index contributed by atoms with van der Waals surface area (Å²) in [5.74, 6) is 0. The summed E-state index contributed by atoms with van der Waals surface area (Å²) in [5.41, 5.74) is 0. The van der Waals surface area contributed by atoms with Gasteiger partial charge in [0.1, 0.15) is 0 Å². The second-order valence-electron chi connectivity index (χ2n) is 4.14. The molecule has 0 radical (unpaired) electrons. The first-order valence-electron chi connectivity index (χ1n) is 6.27. The van der Waals surface area contributed by atoms with E-state index in [1.54, 1.807) is 0 Å². The zero-order valence-corrected chi connectivity index (χ0v) is 12.5. The fourth-order valence-electron chi connectivity index (χ4n) is 1.68. The van der Waals surface area contributed by atoms with Crippen LogP contribution in [0.15, 0.2) is 15.9 Å². The summed E-state index contributed by atoms with van der Waals surface area (Å²) in [6.45, 7) is 4.42. The minimum Gasteiger partial charge on any atom is -0.312 e. The van der Waals surface area contributed by atoms with Crippen molar-refractivity contribution in [1.29, 1.82) is 0 Å². The lowest BCUT2D eigenvalue weighted by Crippen LogP contribution is -2.13. The van der Waals surface area contributed by atoms with E-state index >= 15 is 0 Å². The molecule has 16 heavy (non-hydrogen) atoms. The minimum atomic E-state index is 1.01. The summed E-state index contributed by atoms with van der Waals surface area (Å²) in [7, 11) is 0. The van der Waals surface area contributed by atoms with Gasteiger partial charge >= 0.3 is 0 Å². The molecule has 1 rings (SSSR count). The van der Waals surface area contributed by atoms with Gasteiger partial charge in [-0.15, -0.1) is 11.3 Å². The Balaban J connectivity index is 1.91. The molecule has 0 aliphatic carbocycles. The summed E-state index contributed by atoms with van der Waals surface area (Å²) in [5, 5.41) is 5.63. The number of hydrogen-bond acceptors (Lipinski definition) is 2. The standard InChI is InChI=1S/C13H22BrNS/c1-2-3-4-5-6-7-9-15-11-13-12(14)8-10-16-13/h8,10,15H,2-7,9,11H2,1H3. The lowest BCUT2D eigenvalue weighted by Gasteiger charge is -2.03. The highest BCUT2D eigenvalue weighted by Gasteiger charge is 1.99. The van der Waals surface area contributed by atoms with E-state index in [1.165, 1.54) is 47.9 Å². The van der Waals surface area contributed by atoms with Crippen LogP contribution in [0.3, 0.4) is 0 Å². The summed E-state index contributed by atoms with van der Waals surface area (Å²) in [4.78, 5) is 1.41. The normalized spacial score (nSPS) is 10.9. The van der Waals surface area contributed by atoms with Crippen LogP contribution < -0.4 is 5.32 Å². The number of rotatable bonds is 9. The van der Waals surface area contributed by atoms with Crippen LogP contribution in [0.5, 0.6) is 0 Å². The minimum absolute atomic E-state index is 1.01. The zero-order valence-electron chi connectivity index (χ0n) is 10.1. The van der Waals surface area contributed by atoms with Crippen molar-refractivity contribution >= 4 is 27.3 Å². The Morgan fingerprint density at radius 1 is 1.19 bits per heavy atom. The second-order valence-corrected chi connectivity index (χ2v) is 5.99. The van der Waals surface area contributed by atoms with Gasteiger partial charge < -0.3 is 5.32 Å². The fraction of sp³-hybridized carbons (Fsp3) is 0.692. The lowest BCUT2D eigenvalue weighted by molar-refractivity contribution is 0.573. The highest BCUT2D eigenvalue weighted by molar-refractivity contribution is 9.10. The van der Waals surface area contributed by atoms with Crippen molar-refractivity contribution in [2.45, 2.75) is 52.0 Å². The van der Waals surface area contributed by atoms with Crippen molar-refractivity contribution in [3.63, 3.8) is 0 Å². The molecular formula is C13H22BrNS. The summed E-state index contributed by atoms with van der Waals surface area (Å²) >= 11 is 5.36. The first-order chi connectivity index (χ1) is 7.84. The maximum atomic E-state index is 3.55. The van der Waals surface area contributed by atoms with Gasteiger partial charge in [0.05, 0.1) is 0 Å². The summed E-state index contributed by atoms with van der Waals surface area (Å²) in [6.07, 6.45) is 8.23. The number of halogens is 1.